The van der Waals surface area contributed by atoms with E-state index in [2.05, 4.69) is 20.9 Å². The van der Waals surface area contributed by atoms with E-state index in [1.807, 2.05) is 6.92 Å². The zero-order valence-corrected chi connectivity index (χ0v) is 16.5. The van der Waals surface area contributed by atoms with Crippen molar-refractivity contribution >= 4 is 29.5 Å². The quantitative estimate of drug-likeness (QED) is 0.509. The lowest BCUT2D eigenvalue weighted by Crippen LogP contribution is -2.28. The number of fused-ring (bicyclic) bond motifs is 4. The van der Waals surface area contributed by atoms with Crippen LogP contribution in [0.25, 0.3) is 11.1 Å². The molecule has 1 aliphatic rings. The second kappa shape index (κ2) is 9.25. The van der Waals surface area contributed by atoms with E-state index in [0.717, 1.165) is 5.56 Å². The average Bonchev–Trinajstić information content (AvgIpc) is 2.69. The Morgan fingerprint density at radius 1 is 1.17 bits per heavy atom. The van der Waals surface area contributed by atoms with Crippen molar-refractivity contribution in [2.24, 2.45) is 5.92 Å². The van der Waals surface area contributed by atoms with Crippen LogP contribution in [0.2, 0.25) is 0 Å². The third-order valence-corrected chi connectivity index (χ3v) is 5.18. The second-order valence-corrected chi connectivity index (χ2v) is 7.19. The summed E-state index contributed by atoms with van der Waals surface area (Å²) in [6.45, 7) is 1.93. The molecule has 0 radical (unpaired) electrons. The molecule has 2 heterocycles. The highest BCUT2D eigenvalue weighted by Gasteiger charge is 2.23. The van der Waals surface area contributed by atoms with Crippen LogP contribution in [0.5, 0.6) is 0 Å². The summed E-state index contributed by atoms with van der Waals surface area (Å²) in [6, 6.07) is 7.96. The summed E-state index contributed by atoms with van der Waals surface area (Å²) < 4.78 is 0. The van der Waals surface area contributed by atoms with Crippen LogP contribution in [0.4, 0.5) is 21.0 Å². The number of anilines is 2. The number of aromatic nitrogens is 1. The predicted molar refractivity (Wildman–Crippen MR) is 111 cm³/mol. The Bertz CT molecular complexity index is 962. The van der Waals surface area contributed by atoms with Gasteiger partial charge in [-0.2, -0.15) is 0 Å². The van der Waals surface area contributed by atoms with E-state index in [1.54, 1.807) is 36.5 Å². The Morgan fingerprint density at radius 2 is 1.97 bits per heavy atom. The van der Waals surface area contributed by atoms with Gasteiger partial charge in [0.15, 0.2) is 0 Å². The first-order valence-corrected chi connectivity index (χ1v) is 9.78. The van der Waals surface area contributed by atoms with Crippen molar-refractivity contribution in [3.05, 3.63) is 42.2 Å². The van der Waals surface area contributed by atoms with Crippen molar-refractivity contribution in [2.45, 2.75) is 38.6 Å². The van der Waals surface area contributed by atoms with Gasteiger partial charge >= 0.3 is 12.2 Å². The van der Waals surface area contributed by atoms with E-state index >= 15 is 0 Å². The summed E-state index contributed by atoms with van der Waals surface area (Å²) >= 11 is 0. The molecule has 2 bridgehead atoms. The van der Waals surface area contributed by atoms with Crippen LogP contribution in [0.15, 0.2) is 36.5 Å². The van der Waals surface area contributed by atoms with E-state index in [9.17, 15) is 19.5 Å². The Balaban J connectivity index is 2.10. The van der Waals surface area contributed by atoms with Crippen LogP contribution in [-0.2, 0) is 4.79 Å². The molecule has 1 aromatic heterocycles. The first kappa shape index (κ1) is 21.1. The summed E-state index contributed by atoms with van der Waals surface area (Å²) in [7, 11) is 0. The highest BCUT2D eigenvalue weighted by molar-refractivity contribution is 5.98. The Hall–Kier alpha value is -3.62. The maximum Gasteiger partial charge on any atom is 0.409 e. The molecule has 2 aromatic rings. The van der Waals surface area contributed by atoms with Gasteiger partial charge in [0, 0.05) is 23.4 Å². The smallest absolute Gasteiger partial charge is 0.409 e. The topological polar surface area (TPSA) is 141 Å². The van der Waals surface area contributed by atoms with Crippen LogP contribution in [0.3, 0.4) is 0 Å². The molecular weight excluding hydrogens is 388 g/mol. The molecule has 0 fully saturated rings. The fraction of sp³-hybridized carbons (Fsp3) is 0.333. The van der Waals surface area contributed by atoms with Gasteiger partial charge in [0.25, 0.3) is 0 Å². The predicted octanol–water partition coefficient (Wildman–Crippen LogP) is 4.30. The van der Waals surface area contributed by atoms with Crippen molar-refractivity contribution < 1.29 is 24.6 Å². The number of nitrogens with one attached hydrogen (secondary N) is 3. The van der Waals surface area contributed by atoms with Gasteiger partial charge in [-0.1, -0.05) is 19.4 Å². The van der Waals surface area contributed by atoms with Crippen molar-refractivity contribution in [1.82, 2.24) is 10.3 Å². The first-order chi connectivity index (χ1) is 14.4. The Morgan fingerprint density at radius 3 is 2.67 bits per heavy atom. The van der Waals surface area contributed by atoms with E-state index < -0.39 is 18.2 Å². The third kappa shape index (κ3) is 5.05. The normalized spacial score (nSPS) is 18.8. The summed E-state index contributed by atoms with van der Waals surface area (Å²) in [5.74, 6) is -0.394. The monoisotopic (exact) mass is 412 g/mol. The number of hydrogen-bond donors (Lipinski definition) is 5. The van der Waals surface area contributed by atoms with Gasteiger partial charge in [0.05, 0.1) is 17.4 Å². The van der Waals surface area contributed by atoms with Gasteiger partial charge in [-0.3, -0.25) is 15.1 Å². The van der Waals surface area contributed by atoms with E-state index in [4.69, 9.17) is 5.11 Å². The minimum Gasteiger partial charge on any atom is -0.465 e. The van der Waals surface area contributed by atoms with E-state index in [1.165, 1.54) is 0 Å². The highest BCUT2D eigenvalue weighted by Crippen LogP contribution is 2.34. The van der Waals surface area contributed by atoms with Crippen LogP contribution in [-0.4, -0.2) is 33.3 Å². The summed E-state index contributed by atoms with van der Waals surface area (Å²) in [4.78, 5) is 39.5. The number of benzene rings is 1. The number of rotatable bonds is 3. The maximum absolute atomic E-state index is 12.9. The number of carboxylic acid groups (broad SMARTS) is 2. The minimum absolute atomic E-state index is 0.149. The van der Waals surface area contributed by atoms with Gasteiger partial charge in [0.2, 0.25) is 5.91 Å². The molecule has 0 unspecified atom stereocenters. The molecule has 1 aromatic carbocycles. The number of amides is 3. The van der Waals surface area contributed by atoms with Gasteiger partial charge in [-0.15, -0.1) is 0 Å². The van der Waals surface area contributed by atoms with Crippen molar-refractivity contribution in [3.8, 4) is 11.1 Å². The second-order valence-electron chi connectivity index (χ2n) is 7.19. The van der Waals surface area contributed by atoms with Gasteiger partial charge in [0.1, 0.15) is 0 Å². The zero-order chi connectivity index (χ0) is 21.7. The molecular formula is C21H24N4O5. The van der Waals surface area contributed by atoms with Crippen molar-refractivity contribution in [1.29, 1.82) is 0 Å². The van der Waals surface area contributed by atoms with Crippen molar-refractivity contribution in [3.63, 3.8) is 0 Å². The van der Waals surface area contributed by atoms with Gasteiger partial charge < -0.3 is 20.8 Å². The molecule has 2 atom stereocenters. The van der Waals surface area contributed by atoms with Gasteiger partial charge in [-0.25, -0.2) is 9.59 Å². The third-order valence-electron chi connectivity index (χ3n) is 5.18. The number of hydrogen-bond acceptors (Lipinski definition) is 4. The summed E-state index contributed by atoms with van der Waals surface area (Å²) in [6.07, 6.45) is 1.67. The molecule has 0 saturated carbocycles. The molecule has 30 heavy (non-hydrogen) atoms. The first-order valence-electron chi connectivity index (χ1n) is 9.78. The molecule has 5 N–H and O–H groups in total. The molecule has 9 nitrogen and oxygen atoms in total. The van der Waals surface area contributed by atoms with Crippen LogP contribution < -0.4 is 16.0 Å². The Kier molecular flexibility index (Phi) is 6.51. The minimum atomic E-state index is -1.20. The molecule has 0 saturated heterocycles. The molecule has 3 amide bonds. The standard InChI is InChI=1S/C21H24N4O5/c1-2-12-4-3-5-16(25-21(29)30)18-10-13(8-9-22-18)15-7-6-14(23-20(27)28)11-17(15)24-19(12)26/h6-12,16,23,25H,2-5H2,1H3,(H,24,26)(H,27,28)(H,29,30)/t12-,16+/m1/s1. The summed E-state index contributed by atoms with van der Waals surface area (Å²) in [5.41, 5.74) is 2.83. The molecule has 0 spiro atoms. The largest absolute Gasteiger partial charge is 0.465 e. The molecule has 3 rings (SSSR count). The molecule has 158 valence electrons. The SMILES string of the molecule is CC[C@@H]1CCC[C@H](NC(=O)O)c2cc(ccn2)-c2ccc(NC(=O)O)cc2NC1=O. The van der Waals surface area contributed by atoms with E-state index in [-0.39, 0.29) is 11.8 Å². The zero-order valence-electron chi connectivity index (χ0n) is 16.5. The summed E-state index contributed by atoms with van der Waals surface area (Å²) in [5, 5.41) is 26.0. The van der Waals surface area contributed by atoms with Gasteiger partial charge in [-0.05, 0) is 49.1 Å². The fourth-order valence-corrected chi connectivity index (χ4v) is 3.67. The lowest BCUT2D eigenvalue weighted by atomic mass is 9.93. The Labute approximate surface area is 173 Å². The molecule has 1 aliphatic heterocycles. The number of nitrogens with zero attached hydrogens (tertiary/aromatic N) is 1. The maximum atomic E-state index is 12.9. The van der Waals surface area contributed by atoms with Crippen LogP contribution >= 0.6 is 0 Å². The number of pyridine rings is 1. The average molecular weight is 412 g/mol. The fourth-order valence-electron chi connectivity index (χ4n) is 3.67. The lowest BCUT2D eigenvalue weighted by Gasteiger charge is -2.22. The van der Waals surface area contributed by atoms with Crippen LogP contribution in [0, 0.1) is 5.92 Å². The van der Waals surface area contributed by atoms with Crippen molar-refractivity contribution in [2.75, 3.05) is 10.6 Å². The van der Waals surface area contributed by atoms with E-state index in [0.29, 0.717) is 48.3 Å². The number of carbonyl (C=O) groups excluding carboxylic acids is 1. The van der Waals surface area contributed by atoms with Crippen LogP contribution in [0.1, 0.15) is 44.3 Å². The molecule has 9 heteroatoms. The number of carbonyl (C=O) groups is 3. The molecule has 0 aliphatic carbocycles. The lowest BCUT2D eigenvalue weighted by molar-refractivity contribution is -0.120. The highest BCUT2D eigenvalue weighted by atomic mass is 16.4.